The number of nitrogens with zero attached hydrogens (tertiary/aromatic N) is 1. The number of rotatable bonds is 5. The third kappa shape index (κ3) is 3.99. The fourth-order valence-corrected chi connectivity index (χ4v) is 0.965. The predicted octanol–water partition coefficient (Wildman–Crippen LogP) is 1.13. The third-order valence-corrected chi connectivity index (χ3v) is 1.68. The van der Waals surface area contributed by atoms with Gasteiger partial charge in [0, 0.05) is 12.7 Å². The normalized spacial score (nSPS) is 10.6. The molecule has 1 aromatic heterocycles. The largest absolute Gasteiger partial charge is 0.478 e. The molecule has 0 atom stereocenters. The minimum absolute atomic E-state index is 0.0765. The number of aromatic nitrogens is 1. The second kappa shape index (κ2) is 5.35. The topological polar surface area (TPSA) is 62.2 Å². The first-order valence-corrected chi connectivity index (χ1v) is 4.26. The van der Waals surface area contributed by atoms with Crippen molar-refractivity contribution >= 4 is 5.97 Å². The van der Waals surface area contributed by atoms with Gasteiger partial charge in [-0.15, -0.1) is 0 Å². The van der Waals surface area contributed by atoms with Gasteiger partial charge in [0.25, 0.3) is 6.43 Å². The average molecular weight is 216 g/mol. The number of hydrogen-bond acceptors (Lipinski definition) is 3. The summed E-state index contributed by atoms with van der Waals surface area (Å²) < 4.78 is 23.5. The lowest BCUT2D eigenvalue weighted by Gasteiger charge is -2.03. The number of alkyl halides is 2. The van der Waals surface area contributed by atoms with E-state index in [-0.39, 0.29) is 12.1 Å². The Labute approximate surface area is 84.9 Å². The van der Waals surface area contributed by atoms with Crippen molar-refractivity contribution in [2.45, 2.75) is 13.0 Å². The molecule has 0 saturated carbocycles. The number of pyridine rings is 1. The van der Waals surface area contributed by atoms with Gasteiger partial charge in [0.15, 0.2) is 0 Å². The molecular formula is C9H10F2N2O2. The molecule has 0 unspecified atom stereocenters. The van der Waals surface area contributed by atoms with Gasteiger partial charge < -0.3 is 10.4 Å². The average Bonchev–Trinajstić information content (AvgIpc) is 2.18. The summed E-state index contributed by atoms with van der Waals surface area (Å²) in [6.07, 6.45) is -1.20. The van der Waals surface area contributed by atoms with E-state index in [0.717, 1.165) is 0 Å². The number of halogens is 2. The molecule has 0 aliphatic carbocycles. The van der Waals surface area contributed by atoms with E-state index in [0.29, 0.717) is 5.69 Å². The van der Waals surface area contributed by atoms with Crippen molar-refractivity contribution in [1.29, 1.82) is 0 Å². The molecule has 0 aliphatic heterocycles. The van der Waals surface area contributed by atoms with Gasteiger partial charge in [-0.25, -0.2) is 13.6 Å². The van der Waals surface area contributed by atoms with E-state index >= 15 is 0 Å². The van der Waals surface area contributed by atoms with Crippen molar-refractivity contribution in [2.75, 3.05) is 6.54 Å². The highest BCUT2D eigenvalue weighted by Gasteiger charge is 2.04. The Morgan fingerprint density at radius 3 is 2.73 bits per heavy atom. The van der Waals surface area contributed by atoms with Crippen molar-refractivity contribution < 1.29 is 18.7 Å². The maximum atomic E-state index is 11.7. The van der Waals surface area contributed by atoms with Crippen LogP contribution in [-0.2, 0) is 6.54 Å². The maximum absolute atomic E-state index is 11.7. The molecule has 1 rings (SSSR count). The molecule has 2 N–H and O–H groups in total. The van der Waals surface area contributed by atoms with Gasteiger partial charge in [-0.3, -0.25) is 4.98 Å². The van der Waals surface area contributed by atoms with Crippen molar-refractivity contribution in [2.24, 2.45) is 0 Å². The van der Waals surface area contributed by atoms with Gasteiger partial charge in [0.2, 0.25) is 0 Å². The smallest absolute Gasteiger partial charge is 0.337 e. The fourth-order valence-electron chi connectivity index (χ4n) is 0.965. The molecule has 15 heavy (non-hydrogen) atoms. The third-order valence-electron chi connectivity index (χ3n) is 1.68. The van der Waals surface area contributed by atoms with E-state index in [1.807, 2.05) is 0 Å². The lowest BCUT2D eigenvalue weighted by molar-refractivity contribution is 0.0696. The van der Waals surface area contributed by atoms with Crippen molar-refractivity contribution in [3.05, 3.63) is 29.6 Å². The Morgan fingerprint density at radius 1 is 1.53 bits per heavy atom. The van der Waals surface area contributed by atoms with Crippen LogP contribution in [0.2, 0.25) is 0 Å². The summed E-state index contributed by atoms with van der Waals surface area (Å²) in [6, 6.07) is 2.87. The summed E-state index contributed by atoms with van der Waals surface area (Å²) in [7, 11) is 0. The number of hydrogen-bond donors (Lipinski definition) is 2. The molecule has 0 amide bonds. The van der Waals surface area contributed by atoms with Crippen LogP contribution in [-0.4, -0.2) is 29.0 Å². The van der Waals surface area contributed by atoms with Crippen LogP contribution in [0.25, 0.3) is 0 Å². The molecule has 6 heteroatoms. The van der Waals surface area contributed by atoms with Crippen molar-refractivity contribution in [3.8, 4) is 0 Å². The summed E-state index contributed by atoms with van der Waals surface area (Å²) in [5.41, 5.74) is 0.605. The number of carboxylic acids is 1. The Hall–Kier alpha value is -1.56. The highest BCUT2D eigenvalue weighted by molar-refractivity contribution is 5.87. The molecule has 0 aliphatic rings. The molecule has 0 fully saturated rings. The Bertz CT molecular complexity index is 327. The maximum Gasteiger partial charge on any atom is 0.337 e. The molecule has 82 valence electrons. The highest BCUT2D eigenvalue weighted by Crippen LogP contribution is 2.00. The minimum atomic E-state index is -2.40. The first kappa shape index (κ1) is 11.5. The van der Waals surface area contributed by atoms with Gasteiger partial charge in [-0.2, -0.15) is 0 Å². The molecule has 0 aromatic carbocycles. The monoisotopic (exact) mass is 216 g/mol. The van der Waals surface area contributed by atoms with Crippen LogP contribution in [0.15, 0.2) is 18.3 Å². The lowest BCUT2D eigenvalue weighted by atomic mass is 10.2. The molecule has 0 radical (unpaired) electrons. The van der Waals surface area contributed by atoms with Crippen LogP contribution in [0, 0.1) is 0 Å². The number of carbonyl (C=O) groups is 1. The predicted molar refractivity (Wildman–Crippen MR) is 48.9 cm³/mol. The zero-order valence-electron chi connectivity index (χ0n) is 7.78. The molecule has 0 bridgehead atoms. The summed E-state index contributed by atoms with van der Waals surface area (Å²) in [5, 5.41) is 11.1. The summed E-state index contributed by atoms with van der Waals surface area (Å²) in [4.78, 5) is 14.3. The van der Waals surface area contributed by atoms with E-state index in [1.165, 1.54) is 18.3 Å². The standard InChI is InChI=1S/C9H10F2N2O2/c10-8(11)5-12-4-7-2-1-6(3-13-7)9(14)15/h1-3,8,12H,4-5H2,(H,14,15). The van der Waals surface area contributed by atoms with E-state index in [9.17, 15) is 13.6 Å². The summed E-state index contributed by atoms with van der Waals surface area (Å²) in [6.45, 7) is -0.202. The van der Waals surface area contributed by atoms with Crippen LogP contribution in [0.4, 0.5) is 8.78 Å². The van der Waals surface area contributed by atoms with Crippen LogP contribution in [0.3, 0.4) is 0 Å². The number of nitrogens with one attached hydrogen (secondary N) is 1. The van der Waals surface area contributed by atoms with Crippen molar-refractivity contribution in [3.63, 3.8) is 0 Å². The second-order valence-electron chi connectivity index (χ2n) is 2.87. The number of carboxylic acid groups (broad SMARTS) is 1. The van der Waals surface area contributed by atoms with E-state index < -0.39 is 18.9 Å². The molecule has 1 heterocycles. The zero-order valence-corrected chi connectivity index (χ0v) is 7.78. The van der Waals surface area contributed by atoms with E-state index in [2.05, 4.69) is 10.3 Å². The minimum Gasteiger partial charge on any atom is -0.478 e. The van der Waals surface area contributed by atoms with Gasteiger partial charge in [-0.1, -0.05) is 0 Å². The second-order valence-corrected chi connectivity index (χ2v) is 2.87. The lowest BCUT2D eigenvalue weighted by Crippen LogP contribution is -2.21. The molecule has 4 nitrogen and oxygen atoms in total. The van der Waals surface area contributed by atoms with Gasteiger partial charge in [-0.05, 0) is 12.1 Å². The zero-order chi connectivity index (χ0) is 11.3. The van der Waals surface area contributed by atoms with E-state index in [1.54, 1.807) is 0 Å². The van der Waals surface area contributed by atoms with Crippen LogP contribution in [0.5, 0.6) is 0 Å². The quantitative estimate of drug-likeness (QED) is 0.774. The van der Waals surface area contributed by atoms with Gasteiger partial charge in [0.1, 0.15) is 0 Å². The Kier molecular flexibility index (Phi) is 4.11. The van der Waals surface area contributed by atoms with Crippen molar-refractivity contribution in [1.82, 2.24) is 10.3 Å². The Morgan fingerprint density at radius 2 is 2.27 bits per heavy atom. The number of aromatic carboxylic acids is 1. The first-order valence-electron chi connectivity index (χ1n) is 4.26. The molecule has 0 saturated heterocycles. The van der Waals surface area contributed by atoms with Crippen LogP contribution >= 0.6 is 0 Å². The summed E-state index contributed by atoms with van der Waals surface area (Å²) in [5.74, 6) is -1.06. The summed E-state index contributed by atoms with van der Waals surface area (Å²) >= 11 is 0. The SMILES string of the molecule is O=C(O)c1ccc(CNCC(F)F)nc1. The molecular weight excluding hydrogens is 206 g/mol. The fraction of sp³-hybridized carbons (Fsp3) is 0.333. The van der Waals surface area contributed by atoms with Crippen LogP contribution < -0.4 is 5.32 Å². The molecule has 1 aromatic rings. The van der Waals surface area contributed by atoms with E-state index in [4.69, 9.17) is 5.11 Å². The highest BCUT2D eigenvalue weighted by atomic mass is 19.3. The van der Waals surface area contributed by atoms with Gasteiger partial charge in [0.05, 0.1) is 17.8 Å². The molecule has 0 spiro atoms. The van der Waals surface area contributed by atoms with Crippen LogP contribution in [0.1, 0.15) is 16.1 Å². The van der Waals surface area contributed by atoms with Gasteiger partial charge >= 0.3 is 5.97 Å². The first-order chi connectivity index (χ1) is 7.09. The Balaban J connectivity index is 2.46.